The molecule has 3 nitrogen and oxygen atoms in total. The Balaban J connectivity index is 1.64. The zero-order valence-electron chi connectivity index (χ0n) is 10.3. The van der Waals surface area contributed by atoms with Gasteiger partial charge in [-0.15, -0.1) is 0 Å². The Morgan fingerprint density at radius 2 is 2.41 bits per heavy atom. The molecule has 1 unspecified atom stereocenters. The van der Waals surface area contributed by atoms with Gasteiger partial charge in [0.25, 0.3) is 0 Å². The van der Waals surface area contributed by atoms with E-state index in [0.29, 0.717) is 6.04 Å². The average molecular weight is 231 g/mol. The second-order valence-electron chi connectivity index (χ2n) is 5.26. The van der Waals surface area contributed by atoms with Gasteiger partial charge in [-0.25, -0.2) is 0 Å². The molecule has 2 aliphatic rings. The zero-order chi connectivity index (χ0) is 11.5. The zero-order valence-corrected chi connectivity index (χ0v) is 10.3. The Morgan fingerprint density at radius 3 is 3.29 bits per heavy atom. The van der Waals surface area contributed by atoms with Gasteiger partial charge >= 0.3 is 0 Å². The quantitative estimate of drug-likeness (QED) is 0.830. The molecular weight excluding hydrogens is 210 g/mol. The second kappa shape index (κ2) is 5.15. The highest BCUT2D eigenvalue weighted by Gasteiger charge is 2.22. The van der Waals surface area contributed by atoms with Gasteiger partial charge < -0.3 is 10.6 Å². The molecule has 3 heteroatoms. The number of aryl methyl sites for hydroxylation is 1. The van der Waals surface area contributed by atoms with Gasteiger partial charge in [0.2, 0.25) is 0 Å². The summed E-state index contributed by atoms with van der Waals surface area (Å²) >= 11 is 0. The third-order valence-corrected chi connectivity index (χ3v) is 4.01. The van der Waals surface area contributed by atoms with Crippen molar-refractivity contribution in [2.45, 2.75) is 31.7 Å². The molecule has 1 aliphatic heterocycles. The van der Waals surface area contributed by atoms with E-state index in [1.54, 1.807) is 0 Å². The topological polar surface area (TPSA) is 37.0 Å². The van der Waals surface area contributed by atoms with Gasteiger partial charge in [0.1, 0.15) is 0 Å². The maximum atomic E-state index is 4.57. The van der Waals surface area contributed by atoms with Gasteiger partial charge in [-0.1, -0.05) is 6.07 Å². The minimum Gasteiger partial charge on any atom is -0.316 e. The van der Waals surface area contributed by atoms with E-state index in [1.165, 1.54) is 50.0 Å². The average Bonchev–Trinajstić information content (AvgIpc) is 2.89. The maximum absolute atomic E-state index is 4.57. The fourth-order valence-electron chi connectivity index (χ4n) is 3.01. The fraction of sp³-hybridized carbons (Fsp3) is 0.643. The Hall–Kier alpha value is -0.930. The highest BCUT2D eigenvalue weighted by Crippen LogP contribution is 2.27. The predicted molar refractivity (Wildman–Crippen MR) is 68.9 cm³/mol. The van der Waals surface area contributed by atoms with Crippen molar-refractivity contribution < 1.29 is 0 Å². The van der Waals surface area contributed by atoms with Crippen molar-refractivity contribution in [3.05, 3.63) is 29.6 Å². The summed E-state index contributed by atoms with van der Waals surface area (Å²) in [6.07, 6.45) is 6.97. The van der Waals surface area contributed by atoms with Crippen LogP contribution >= 0.6 is 0 Å². The Kier molecular flexibility index (Phi) is 3.39. The summed E-state index contributed by atoms with van der Waals surface area (Å²) < 4.78 is 0. The van der Waals surface area contributed by atoms with Crippen LogP contribution in [0, 0.1) is 5.92 Å². The minimum atomic E-state index is 0.487. The van der Waals surface area contributed by atoms with Crippen LogP contribution in [0.5, 0.6) is 0 Å². The van der Waals surface area contributed by atoms with Crippen LogP contribution in [0.1, 0.15) is 36.6 Å². The summed E-state index contributed by atoms with van der Waals surface area (Å²) in [5.74, 6) is 0.809. The maximum Gasteiger partial charge on any atom is 0.0605 e. The van der Waals surface area contributed by atoms with E-state index in [4.69, 9.17) is 0 Å². The first-order valence-electron chi connectivity index (χ1n) is 6.81. The molecule has 0 bridgehead atoms. The number of fused-ring (bicyclic) bond motifs is 1. The molecule has 0 aromatic carbocycles. The lowest BCUT2D eigenvalue weighted by Gasteiger charge is -2.26. The molecule has 1 fully saturated rings. The first-order valence-corrected chi connectivity index (χ1v) is 6.81. The lowest BCUT2D eigenvalue weighted by Crippen LogP contribution is -2.31. The number of nitrogens with one attached hydrogen (secondary N) is 2. The van der Waals surface area contributed by atoms with Crippen molar-refractivity contribution in [3.8, 4) is 0 Å². The number of nitrogens with zero attached hydrogens (tertiary/aromatic N) is 1. The Labute approximate surface area is 103 Å². The molecule has 2 N–H and O–H groups in total. The summed E-state index contributed by atoms with van der Waals surface area (Å²) in [5.41, 5.74) is 2.74. The van der Waals surface area contributed by atoms with Crippen LogP contribution in [-0.2, 0) is 6.42 Å². The van der Waals surface area contributed by atoms with E-state index in [-0.39, 0.29) is 0 Å². The SMILES string of the molecule is c1cnc2c(c1)CCC[C@@H]2NCC1CCNC1. The van der Waals surface area contributed by atoms with E-state index in [9.17, 15) is 0 Å². The molecule has 1 aromatic rings. The molecule has 3 rings (SSSR count). The van der Waals surface area contributed by atoms with Gasteiger partial charge in [0, 0.05) is 12.2 Å². The summed E-state index contributed by atoms with van der Waals surface area (Å²) in [6, 6.07) is 4.77. The summed E-state index contributed by atoms with van der Waals surface area (Å²) in [7, 11) is 0. The Morgan fingerprint density at radius 1 is 1.41 bits per heavy atom. The van der Waals surface area contributed by atoms with E-state index in [0.717, 1.165) is 12.5 Å². The second-order valence-corrected chi connectivity index (χ2v) is 5.26. The van der Waals surface area contributed by atoms with Crippen LogP contribution in [-0.4, -0.2) is 24.6 Å². The van der Waals surface area contributed by atoms with Gasteiger partial charge in [0.15, 0.2) is 0 Å². The smallest absolute Gasteiger partial charge is 0.0605 e. The third-order valence-electron chi connectivity index (χ3n) is 4.01. The first-order chi connectivity index (χ1) is 8.43. The standard InChI is InChI=1S/C14H21N3/c1-3-12-4-2-7-16-14(12)13(5-1)17-10-11-6-8-15-9-11/h2,4,7,11,13,15,17H,1,3,5-6,8-10H2/t11?,13-/m0/s1. The fourth-order valence-corrected chi connectivity index (χ4v) is 3.01. The van der Waals surface area contributed by atoms with Crippen molar-refractivity contribution >= 4 is 0 Å². The molecular formula is C14H21N3. The van der Waals surface area contributed by atoms with Crippen molar-refractivity contribution in [2.75, 3.05) is 19.6 Å². The lowest BCUT2D eigenvalue weighted by atomic mass is 9.91. The highest BCUT2D eigenvalue weighted by atomic mass is 15.0. The third kappa shape index (κ3) is 2.50. The first kappa shape index (κ1) is 11.2. The van der Waals surface area contributed by atoms with Gasteiger partial charge in [0.05, 0.1) is 5.69 Å². The lowest BCUT2D eigenvalue weighted by molar-refractivity contribution is 0.406. The number of pyridine rings is 1. The van der Waals surface area contributed by atoms with Crippen LogP contribution in [0.15, 0.2) is 18.3 Å². The minimum absolute atomic E-state index is 0.487. The highest BCUT2D eigenvalue weighted by molar-refractivity contribution is 5.25. The number of hydrogen-bond donors (Lipinski definition) is 2. The van der Waals surface area contributed by atoms with Crippen molar-refractivity contribution in [1.29, 1.82) is 0 Å². The normalized spacial score (nSPS) is 28.0. The number of hydrogen-bond acceptors (Lipinski definition) is 3. The molecule has 2 atom stereocenters. The molecule has 1 saturated heterocycles. The molecule has 17 heavy (non-hydrogen) atoms. The molecule has 92 valence electrons. The van der Waals surface area contributed by atoms with E-state index >= 15 is 0 Å². The van der Waals surface area contributed by atoms with Gasteiger partial charge in [-0.05, 0) is 62.9 Å². The van der Waals surface area contributed by atoms with Crippen LogP contribution in [0.25, 0.3) is 0 Å². The summed E-state index contributed by atoms with van der Waals surface area (Å²) in [5, 5.41) is 7.14. The van der Waals surface area contributed by atoms with E-state index in [1.807, 2.05) is 6.20 Å². The van der Waals surface area contributed by atoms with Crippen LogP contribution in [0.4, 0.5) is 0 Å². The number of aromatic nitrogens is 1. The molecule has 1 aliphatic carbocycles. The van der Waals surface area contributed by atoms with Gasteiger partial charge in [-0.2, -0.15) is 0 Å². The van der Waals surface area contributed by atoms with E-state index < -0.39 is 0 Å². The molecule has 0 amide bonds. The number of rotatable bonds is 3. The molecule has 0 radical (unpaired) electrons. The van der Waals surface area contributed by atoms with Crippen LogP contribution < -0.4 is 10.6 Å². The molecule has 1 aromatic heterocycles. The summed E-state index contributed by atoms with van der Waals surface area (Å²) in [4.78, 5) is 4.57. The van der Waals surface area contributed by atoms with E-state index in [2.05, 4.69) is 27.8 Å². The molecule has 0 spiro atoms. The largest absolute Gasteiger partial charge is 0.316 e. The molecule has 2 heterocycles. The monoisotopic (exact) mass is 231 g/mol. The van der Waals surface area contributed by atoms with Crippen molar-refractivity contribution in [2.24, 2.45) is 5.92 Å². The predicted octanol–water partition coefficient (Wildman–Crippen LogP) is 1.66. The van der Waals surface area contributed by atoms with Gasteiger partial charge in [-0.3, -0.25) is 4.98 Å². The van der Waals surface area contributed by atoms with Crippen molar-refractivity contribution in [3.63, 3.8) is 0 Å². The molecule has 0 saturated carbocycles. The van der Waals surface area contributed by atoms with Crippen LogP contribution in [0.2, 0.25) is 0 Å². The summed E-state index contributed by atoms with van der Waals surface area (Å²) in [6.45, 7) is 3.49. The van der Waals surface area contributed by atoms with Crippen molar-refractivity contribution in [1.82, 2.24) is 15.6 Å². The Bertz CT molecular complexity index is 371. The van der Waals surface area contributed by atoms with Crippen LogP contribution in [0.3, 0.4) is 0 Å².